The largest absolute Gasteiger partial charge is 1.00 e. The molecule has 0 bridgehead atoms. The molecule has 5 heteroatoms. The molecular weight excluding hydrogens is 399 g/mol. The molecule has 0 radical (unpaired) electrons. The van der Waals surface area contributed by atoms with Gasteiger partial charge in [-0.15, -0.1) is 0 Å². The third-order valence-corrected chi connectivity index (χ3v) is 5.08. The summed E-state index contributed by atoms with van der Waals surface area (Å²) in [5.74, 6) is -1.07. The molecule has 31 heavy (non-hydrogen) atoms. The number of ether oxygens (including phenoxy) is 1. The van der Waals surface area contributed by atoms with Crippen molar-refractivity contribution < 1.29 is 49.3 Å². The topological polar surface area (TPSA) is 69.6 Å². The summed E-state index contributed by atoms with van der Waals surface area (Å²) in [4.78, 5) is 12.1. The molecule has 1 N–H and O–H groups in total. The molecule has 2 aromatic rings. The van der Waals surface area contributed by atoms with Gasteiger partial charge in [-0.1, -0.05) is 53.6 Å². The third kappa shape index (κ3) is 7.27. The molecule has 2 rings (SSSR count). The van der Waals surface area contributed by atoms with Crippen LogP contribution in [-0.4, -0.2) is 18.2 Å². The average molecular weight is 431 g/mol. The first-order valence-electron chi connectivity index (χ1n) is 10.2. The number of aromatic carboxylic acids is 1. The fraction of sp³-hybridized carbons (Fsp3) is 0.346. The fourth-order valence-electron chi connectivity index (χ4n) is 3.55. The van der Waals surface area contributed by atoms with Crippen LogP contribution in [-0.2, 0) is 25.7 Å². The maximum Gasteiger partial charge on any atom is 1.00 e. The number of hydrogen-bond acceptors (Lipinski definition) is 4. The summed E-state index contributed by atoms with van der Waals surface area (Å²) in [5.41, 5.74) is 5.03. The molecule has 0 aromatic heterocycles. The fourth-order valence-corrected chi connectivity index (χ4v) is 3.55. The second-order valence-electron chi connectivity index (χ2n) is 7.94. The van der Waals surface area contributed by atoms with Gasteiger partial charge in [0.15, 0.2) is 0 Å². The van der Waals surface area contributed by atoms with E-state index in [4.69, 9.17) is 4.74 Å². The first-order chi connectivity index (χ1) is 14.3. The van der Waals surface area contributed by atoms with E-state index in [0.29, 0.717) is 42.6 Å². The SMILES string of the molecule is COc1c(CC=C(C)C)c(O)c(C(=O)[O-])c(CCc2ccccc2)c1CC=C(C)C.[Na+]. The van der Waals surface area contributed by atoms with E-state index >= 15 is 0 Å². The Hall–Kier alpha value is -2.01. The summed E-state index contributed by atoms with van der Waals surface area (Å²) < 4.78 is 5.72. The number of allylic oxidation sites excluding steroid dienone is 4. The van der Waals surface area contributed by atoms with Crippen molar-refractivity contribution in [2.75, 3.05) is 7.11 Å². The second-order valence-corrected chi connectivity index (χ2v) is 7.94. The van der Waals surface area contributed by atoms with Gasteiger partial charge in [0.1, 0.15) is 11.5 Å². The molecule has 0 heterocycles. The number of benzene rings is 2. The van der Waals surface area contributed by atoms with Crippen LogP contribution in [0.4, 0.5) is 0 Å². The molecule has 2 aromatic carbocycles. The van der Waals surface area contributed by atoms with Crippen molar-refractivity contribution in [3.8, 4) is 11.5 Å². The molecule has 0 aliphatic heterocycles. The molecule has 0 aliphatic rings. The summed E-state index contributed by atoms with van der Waals surface area (Å²) in [6.07, 6.45) is 6.02. The Bertz CT molecular complexity index is 951. The number of carbonyl (C=O) groups is 1. The van der Waals surface area contributed by atoms with Crippen LogP contribution >= 0.6 is 0 Å². The van der Waals surface area contributed by atoms with Gasteiger partial charge in [-0.3, -0.25) is 0 Å². The van der Waals surface area contributed by atoms with Gasteiger partial charge < -0.3 is 19.7 Å². The van der Waals surface area contributed by atoms with Crippen molar-refractivity contribution in [2.45, 2.75) is 53.4 Å². The molecule has 0 amide bonds. The van der Waals surface area contributed by atoms with E-state index < -0.39 is 5.97 Å². The predicted molar refractivity (Wildman–Crippen MR) is 119 cm³/mol. The van der Waals surface area contributed by atoms with Gasteiger partial charge in [0, 0.05) is 16.7 Å². The first-order valence-corrected chi connectivity index (χ1v) is 10.2. The minimum Gasteiger partial charge on any atom is -0.545 e. The Labute approximate surface area is 207 Å². The number of phenols is 1. The summed E-state index contributed by atoms with van der Waals surface area (Å²) >= 11 is 0. The molecule has 0 unspecified atom stereocenters. The molecule has 0 atom stereocenters. The number of aryl methyl sites for hydroxylation is 1. The number of carbonyl (C=O) groups excluding carboxylic acids is 1. The van der Waals surface area contributed by atoms with E-state index in [9.17, 15) is 15.0 Å². The zero-order valence-electron chi connectivity index (χ0n) is 19.5. The van der Waals surface area contributed by atoms with Crippen molar-refractivity contribution in [3.63, 3.8) is 0 Å². The number of carboxylic acids is 1. The molecule has 0 fully saturated rings. The van der Waals surface area contributed by atoms with Crippen LogP contribution in [0.15, 0.2) is 53.6 Å². The summed E-state index contributed by atoms with van der Waals surface area (Å²) in [6, 6.07) is 9.88. The zero-order valence-corrected chi connectivity index (χ0v) is 21.5. The van der Waals surface area contributed by atoms with E-state index in [0.717, 1.165) is 22.3 Å². The van der Waals surface area contributed by atoms with Crippen LogP contribution in [0.5, 0.6) is 11.5 Å². The van der Waals surface area contributed by atoms with Crippen LogP contribution in [0.3, 0.4) is 0 Å². The van der Waals surface area contributed by atoms with Gasteiger partial charge in [0.2, 0.25) is 0 Å². The van der Waals surface area contributed by atoms with Crippen LogP contribution in [0.1, 0.15) is 60.3 Å². The Morgan fingerprint density at radius 1 is 0.935 bits per heavy atom. The smallest absolute Gasteiger partial charge is 0.545 e. The Balaban J connectivity index is 0.00000480. The average Bonchev–Trinajstić information content (AvgIpc) is 2.69. The van der Waals surface area contributed by atoms with Gasteiger partial charge in [0.05, 0.1) is 13.1 Å². The predicted octanol–water partition coefficient (Wildman–Crippen LogP) is 1.57. The van der Waals surface area contributed by atoms with Crippen molar-refractivity contribution in [2.24, 2.45) is 0 Å². The normalized spacial score (nSPS) is 10.1. The van der Waals surface area contributed by atoms with Gasteiger partial charge in [-0.05, 0) is 64.5 Å². The Kier molecular flexibility index (Phi) is 11.1. The molecule has 0 spiro atoms. The minimum atomic E-state index is -1.37. The zero-order chi connectivity index (χ0) is 22.3. The number of carboxylic acid groups (broad SMARTS) is 1. The van der Waals surface area contributed by atoms with Crippen LogP contribution in [0.2, 0.25) is 0 Å². The number of aromatic hydroxyl groups is 1. The van der Waals surface area contributed by atoms with Crippen molar-refractivity contribution in [3.05, 3.63) is 81.4 Å². The van der Waals surface area contributed by atoms with Crippen LogP contribution in [0.25, 0.3) is 0 Å². The summed E-state index contributed by atoms with van der Waals surface area (Å²) in [5, 5.41) is 23.0. The maximum absolute atomic E-state index is 12.1. The van der Waals surface area contributed by atoms with Crippen molar-refractivity contribution in [1.82, 2.24) is 0 Å². The van der Waals surface area contributed by atoms with E-state index in [1.807, 2.05) is 70.2 Å². The van der Waals surface area contributed by atoms with E-state index in [1.54, 1.807) is 7.11 Å². The monoisotopic (exact) mass is 430 g/mol. The maximum atomic E-state index is 12.1. The quantitative estimate of drug-likeness (QED) is 0.484. The third-order valence-electron chi connectivity index (χ3n) is 5.08. The minimum absolute atomic E-state index is 0. The van der Waals surface area contributed by atoms with Crippen LogP contribution in [0, 0.1) is 0 Å². The van der Waals surface area contributed by atoms with Crippen molar-refractivity contribution in [1.29, 1.82) is 0 Å². The second kappa shape index (κ2) is 12.7. The number of hydrogen-bond donors (Lipinski definition) is 1. The van der Waals surface area contributed by atoms with E-state index in [-0.39, 0.29) is 40.9 Å². The van der Waals surface area contributed by atoms with Crippen molar-refractivity contribution >= 4 is 5.97 Å². The first kappa shape index (κ1) is 27.0. The summed E-state index contributed by atoms with van der Waals surface area (Å²) in [7, 11) is 1.56. The molecular formula is C26H31NaO4. The van der Waals surface area contributed by atoms with E-state index in [2.05, 4.69) is 0 Å². The van der Waals surface area contributed by atoms with E-state index in [1.165, 1.54) is 0 Å². The standard InChI is InChI=1S/C26H32O4.Na/c1-17(2)11-14-21-20(16-13-19-9-7-6-8-10-19)23(26(28)29)24(27)22(25(21)30-5)15-12-18(3)4;/h6-12,27H,13-16H2,1-5H3,(H,28,29);/q;+1/p-1. The van der Waals surface area contributed by atoms with Gasteiger partial charge in [-0.2, -0.15) is 0 Å². The molecule has 160 valence electrons. The Morgan fingerprint density at radius 3 is 1.97 bits per heavy atom. The number of rotatable bonds is 9. The number of methoxy groups -OCH3 is 1. The van der Waals surface area contributed by atoms with Gasteiger partial charge >= 0.3 is 29.6 Å². The Morgan fingerprint density at radius 2 is 1.48 bits per heavy atom. The summed E-state index contributed by atoms with van der Waals surface area (Å²) in [6.45, 7) is 7.92. The molecule has 0 saturated heterocycles. The van der Waals surface area contributed by atoms with Crippen LogP contribution < -0.4 is 39.4 Å². The van der Waals surface area contributed by atoms with Gasteiger partial charge in [0.25, 0.3) is 0 Å². The molecule has 0 aliphatic carbocycles. The molecule has 0 saturated carbocycles. The van der Waals surface area contributed by atoms with Gasteiger partial charge in [-0.25, -0.2) is 0 Å². The molecule has 4 nitrogen and oxygen atoms in total.